The zero-order valence-corrected chi connectivity index (χ0v) is 8.71. The number of nitrogen functional groups attached to an aromatic ring is 1. The predicted octanol–water partition coefficient (Wildman–Crippen LogP) is 0.650. The van der Waals surface area contributed by atoms with Crippen molar-refractivity contribution >= 4 is 17.4 Å². The Balaban J connectivity index is 2.11. The molecule has 2 heterocycles. The van der Waals surface area contributed by atoms with Crippen LogP contribution in [0.25, 0.3) is 0 Å². The normalized spacial score (nSPS) is 10.1. The Morgan fingerprint density at radius 3 is 2.81 bits per heavy atom. The monoisotopic (exact) mass is 217 g/mol. The summed E-state index contributed by atoms with van der Waals surface area (Å²) in [5, 5.41) is 6.65. The molecule has 0 saturated heterocycles. The Morgan fingerprint density at radius 2 is 2.25 bits per heavy atom. The van der Waals surface area contributed by atoms with Crippen LogP contribution in [0.2, 0.25) is 0 Å². The molecule has 0 saturated carbocycles. The number of nitrogens with one attached hydrogen (secondary N) is 1. The maximum atomic E-state index is 11.7. The standard InChI is InChI=1S/C10H11N5O/c1-15-5-4-9(14-15)13-10(16)8-3-2-7(11)6-12-8/h2-6H,11H2,1H3,(H,13,14,16). The lowest BCUT2D eigenvalue weighted by molar-refractivity contribution is 0.102. The average Bonchev–Trinajstić information content (AvgIpc) is 2.65. The van der Waals surface area contributed by atoms with Gasteiger partial charge in [-0.3, -0.25) is 9.48 Å². The van der Waals surface area contributed by atoms with E-state index < -0.39 is 0 Å². The maximum Gasteiger partial charge on any atom is 0.275 e. The largest absolute Gasteiger partial charge is 0.397 e. The number of hydrogen-bond donors (Lipinski definition) is 2. The minimum Gasteiger partial charge on any atom is -0.397 e. The number of carbonyl (C=O) groups is 1. The molecule has 2 aromatic heterocycles. The van der Waals surface area contributed by atoms with Crippen LogP contribution in [0.4, 0.5) is 11.5 Å². The van der Waals surface area contributed by atoms with E-state index in [1.165, 1.54) is 6.20 Å². The van der Waals surface area contributed by atoms with E-state index in [4.69, 9.17) is 5.73 Å². The zero-order valence-electron chi connectivity index (χ0n) is 8.71. The number of aromatic nitrogens is 3. The van der Waals surface area contributed by atoms with E-state index in [0.29, 0.717) is 17.2 Å². The number of rotatable bonds is 2. The fourth-order valence-corrected chi connectivity index (χ4v) is 1.20. The van der Waals surface area contributed by atoms with Crippen LogP contribution in [0.3, 0.4) is 0 Å². The van der Waals surface area contributed by atoms with E-state index in [1.807, 2.05) is 0 Å². The first-order valence-electron chi connectivity index (χ1n) is 4.67. The van der Waals surface area contributed by atoms with Gasteiger partial charge in [-0.05, 0) is 12.1 Å². The molecule has 0 spiro atoms. The van der Waals surface area contributed by atoms with E-state index in [9.17, 15) is 4.79 Å². The van der Waals surface area contributed by atoms with Crippen molar-refractivity contribution in [3.05, 3.63) is 36.3 Å². The third kappa shape index (κ3) is 2.17. The molecule has 16 heavy (non-hydrogen) atoms. The van der Waals surface area contributed by atoms with Gasteiger partial charge >= 0.3 is 0 Å². The second-order valence-corrected chi connectivity index (χ2v) is 3.31. The molecule has 0 radical (unpaired) electrons. The summed E-state index contributed by atoms with van der Waals surface area (Å²) in [6.07, 6.45) is 3.18. The molecule has 0 aliphatic rings. The van der Waals surface area contributed by atoms with Gasteiger partial charge in [0.1, 0.15) is 5.69 Å². The van der Waals surface area contributed by atoms with Crippen molar-refractivity contribution in [3.8, 4) is 0 Å². The third-order valence-electron chi connectivity index (χ3n) is 1.97. The van der Waals surface area contributed by atoms with E-state index in [0.717, 1.165) is 0 Å². The molecule has 0 aliphatic heterocycles. The Labute approximate surface area is 92.1 Å². The SMILES string of the molecule is Cn1ccc(NC(=O)c2ccc(N)cn2)n1. The number of aryl methyl sites for hydroxylation is 1. The van der Waals surface area contributed by atoms with Gasteiger partial charge in [0.2, 0.25) is 0 Å². The number of nitrogens with two attached hydrogens (primary N) is 1. The first-order valence-corrected chi connectivity index (χ1v) is 4.67. The zero-order chi connectivity index (χ0) is 11.5. The van der Waals surface area contributed by atoms with Crippen molar-refractivity contribution in [2.75, 3.05) is 11.1 Å². The molecule has 82 valence electrons. The smallest absolute Gasteiger partial charge is 0.275 e. The highest BCUT2D eigenvalue weighted by Gasteiger charge is 2.08. The summed E-state index contributed by atoms with van der Waals surface area (Å²) in [6, 6.07) is 4.89. The molecule has 0 unspecified atom stereocenters. The van der Waals surface area contributed by atoms with Gasteiger partial charge in [-0.15, -0.1) is 0 Å². The lowest BCUT2D eigenvalue weighted by Crippen LogP contribution is -2.14. The van der Waals surface area contributed by atoms with Crippen molar-refractivity contribution in [2.24, 2.45) is 7.05 Å². The summed E-state index contributed by atoms with van der Waals surface area (Å²) < 4.78 is 1.60. The Bertz CT molecular complexity index is 502. The molecule has 0 atom stereocenters. The van der Waals surface area contributed by atoms with Crippen LogP contribution in [-0.2, 0) is 7.05 Å². The molecule has 2 aromatic rings. The van der Waals surface area contributed by atoms with Gasteiger partial charge in [0.15, 0.2) is 5.82 Å². The van der Waals surface area contributed by atoms with Gasteiger partial charge in [0.05, 0.1) is 11.9 Å². The fraction of sp³-hybridized carbons (Fsp3) is 0.100. The van der Waals surface area contributed by atoms with Crippen LogP contribution >= 0.6 is 0 Å². The molecule has 0 fully saturated rings. The predicted molar refractivity (Wildman–Crippen MR) is 59.8 cm³/mol. The second kappa shape index (κ2) is 4.01. The number of carbonyl (C=O) groups excluding carboxylic acids is 1. The number of hydrogen-bond acceptors (Lipinski definition) is 4. The number of amides is 1. The van der Waals surface area contributed by atoms with E-state index >= 15 is 0 Å². The molecule has 3 N–H and O–H groups in total. The van der Waals surface area contributed by atoms with Gasteiger partial charge in [-0.2, -0.15) is 5.10 Å². The fourth-order valence-electron chi connectivity index (χ4n) is 1.20. The average molecular weight is 217 g/mol. The third-order valence-corrected chi connectivity index (χ3v) is 1.97. The van der Waals surface area contributed by atoms with Crippen LogP contribution in [0.15, 0.2) is 30.6 Å². The van der Waals surface area contributed by atoms with E-state index in [2.05, 4.69) is 15.4 Å². The second-order valence-electron chi connectivity index (χ2n) is 3.31. The first kappa shape index (κ1) is 10.2. The molecular weight excluding hydrogens is 206 g/mol. The first-order chi connectivity index (χ1) is 7.65. The lowest BCUT2D eigenvalue weighted by atomic mass is 10.3. The molecule has 6 heteroatoms. The summed E-state index contributed by atoms with van der Waals surface area (Å²) in [5.41, 5.74) is 6.30. The van der Waals surface area contributed by atoms with Crippen LogP contribution in [0.1, 0.15) is 10.5 Å². The quantitative estimate of drug-likeness (QED) is 0.773. The van der Waals surface area contributed by atoms with Crippen molar-refractivity contribution in [1.82, 2.24) is 14.8 Å². The summed E-state index contributed by atoms with van der Waals surface area (Å²) in [6.45, 7) is 0. The van der Waals surface area contributed by atoms with Gasteiger partial charge < -0.3 is 11.1 Å². The summed E-state index contributed by atoms with van der Waals surface area (Å²) >= 11 is 0. The maximum absolute atomic E-state index is 11.7. The molecule has 0 aliphatic carbocycles. The molecule has 6 nitrogen and oxygen atoms in total. The van der Waals surface area contributed by atoms with Gasteiger partial charge in [0.25, 0.3) is 5.91 Å². The molecule has 0 bridgehead atoms. The van der Waals surface area contributed by atoms with Crippen molar-refractivity contribution in [2.45, 2.75) is 0 Å². The molecule has 0 aromatic carbocycles. The van der Waals surface area contributed by atoms with Crippen LogP contribution < -0.4 is 11.1 Å². The molecule has 2 rings (SSSR count). The van der Waals surface area contributed by atoms with Gasteiger partial charge in [-0.1, -0.05) is 0 Å². The summed E-state index contributed by atoms with van der Waals surface area (Å²) in [5.74, 6) is 0.185. The van der Waals surface area contributed by atoms with Gasteiger partial charge in [-0.25, -0.2) is 4.98 Å². The lowest BCUT2D eigenvalue weighted by Gasteiger charge is -2.01. The van der Waals surface area contributed by atoms with Crippen molar-refractivity contribution in [3.63, 3.8) is 0 Å². The highest BCUT2D eigenvalue weighted by atomic mass is 16.1. The summed E-state index contributed by atoms with van der Waals surface area (Å²) in [4.78, 5) is 15.6. The van der Waals surface area contributed by atoms with Crippen molar-refractivity contribution < 1.29 is 4.79 Å². The highest BCUT2D eigenvalue weighted by Crippen LogP contribution is 2.05. The molecular formula is C10H11N5O. The van der Waals surface area contributed by atoms with Crippen LogP contribution in [0, 0.1) is 0 Å². The van der Waals surface area contributed by atoms with Crippen LogP contribution in [0.5, 0.6) is 0 Å². The van der Waals surface area contributed by atoms with Crippen LogP contribution in [-0.4, -0.2) is 20.7 Å². The van der Waals surface area contributed by atoms with Crippen molar-refractivity contribution in [1.29, 1.82) is 0 Å². The Kier molecular flexibility index (Phi) is 2.55. The number of nitrogens with zero attached hydrogens (tertiary/aromatic N) is 3. The van der Waals surface area contributed by atoms with Gasteiger partial charge in [0, 0.05) is 19.3 Å². The highest BCUT2D eigenvalue weighted by molar-refractivity contribution is 6.02. The minimum atomic E-state index is -0.307. The Morgan fingerprint density at radius 1 is 1.44 bits per heavy atom. The number of anilines is 2. The summed E-state index contributed by atoms with van der Waals surface area (Å²) in [7, 11) is 1.77. The minimum absolute atomic E-state index is 0.305. The topological polar surface area (TPSA) is 85.8 Å². The number of pyridine rings is 1. The van der Waals surface area contributed by atoms with E-state index in [1.54, 1.807) is 36.1 Å². The molecule has 1 amide bonds. The van der Waals surface area contributed by atoms with E-state index in [-0.39, 0.29) is 5.91 Å². The Hall–Kier alpha value is -2.37.